The van der Waals surface area contributed by atoms with Crippen molar-refractivity contribution in [3.8, 4) is 0 Å². The quantitative estimate of drug-likeness (QED) is 0.349. The maximum absolute atomic E-state index is 12.9. The van der Waals surface area contributed by atoms with Gasteiger partial charge in [0, 0.05) is 28.3 Å². The van der Waals surface area contributed by atoms with Crippen LogP contribution in [-0.4, -0.2) is 13.3 Å². The first-order chi connectivity index (χ1) is 14.4. The van der Waals surface area contributed by atoms with Crippen LogP contribution in [0.1, 0.15) is 28.8 Å². The fourth-order valence-electron chi connectivity index (χ4n) is 3.99. The summed E-state index contributed by atoms with van der Waals surface area (Å²) >= 11 is 1.71. The zero-order chi connectivity index (χ0) is 20.9. The first kappa shape index (κ1) is 19.2. The standard InChI is InChI=1S/C21H18N2O5S2/c24-23(25)14-5-7-17-18-10-15(6-8-19(18)28-20(17)9-14)30(26,27)22-11-13-12-29-21-4-2-1-3-16(13)21/h5-10,12,22H,1-4,11H2. The Labute approximate surface area is 176 Å². The molecule has 2 aromatic carbocycles. The molecule has 0 spiro atoms. The van der Waals surface area contributed by atoms with Crippen LogP contribution >= 0.6 is 11.3 Å². The van der Waals surface area contributed by atoms with Crippen molar-refractivity contribution in [3.05, 3.63) is 67.9 Å². The lowest BCUT2D eigenvalue weighted by Gasteiger charge is -2.13. The van der Waals surface area contributed by atoms with Gasteiger partial charge in [0.05, 0.1) is 15.9 Å². The van der Waals surface area contributed by atoms with E-state index in [1.54, 1.807) is 29.5 Å². The number of nitrogens with one attached hydrogen (secondary N) is 1. The van der Waals surface area contributed by atoms with Gasteiger partial charge < -0.3 is 4.42 Å². The van der Waals surface area contributed by atoms with E-state index in [1.165, 1.54) is 35.1 Å². The van der Waals surface area contributed by atoms with Gasteiger partial charge in [-0.05, 0) is 66.5 Å². The summed E-state index contributed by atoms with van der Waals surface area (Å²) in [5, 5.41) is 14.3. The van der Waals surface area contributed by atoms with Crippen molar-refractivity contribution < 1.29 is 17.8 Å². The molecule has 0 atom stereocenters. The van der Waals surface area contributed by atoms with Crippen LogP contribution in [0.2, 0.25) is 0 Å². The van der Waals surface area contributed by atoms with Crippen LogP contribution in [-0.2, 0) is 29.4 Å². The molecule has 0 radical (unpaired) electrons. The molecule has 1 aliphatic rings. The highest BCUT2D eigenvalue weighted by Crippen LogP contribution is 2.33. The molecule has 5 rings (SSSR count). The molecule has 0 fully saturated rings. The predicted octanol–water partition coefficient (Wildman–Crippen LogP) is 4.91. The number of non-ortho nitro benzene ring substituents is 1. The maximum Gasteiger partial charge on any atom is 0.273 e. The molecule has 154 valence electrons. The lowest BCUT2D eigenvalue weighted by Crippen LogP contribution is -2.23. The summed E-state index contributed by atoms with van der Waals surface area (Å²) < 4.78 is 34.2. The first-order valence-electron chi connectivity index (χ1n) is 9.61. The number of hydrogen-bond acceptors (Lipinski definition) is 6. The summed E-state index contributed by atoms with van der Waals surface area (Å²) in [6, 6.07) is 8.95. The number of furan rings is 1. The summed E-state index contributed by atoms with van der Waals surface area (Å²) in [5.41, 5.74) is 3.12. The third-order valence-electron chi connectivity index (χ3n) is 5.55. The van der Waals surface area contributed by atoms with Gasteiger partial charge in [-0.15, -0.1) is 11.3 Å². The van der Waals surface area contributed by atoms with Gasteiger partial charge >= 0.3 is 0 Å². The molecule has 1 N–H and O–H groups in total. The third kappa shape index (κ3) is 3.28. The molecular formula is C21H18N2O5S2. The molecule has 0 aliphatic heterocycles. The smallest absolute Gasteiger partial charge is 0.273 e. The Morgan fingerprint density at radius 2 is 1.90 bits per heavy atom. The zero-order valence-corrected chi connectivity index (χ0v) is 17.5. The molecule has 4 aromatic rings. The van der Waals surface area contributed by atoms with Gasteiger partial charge in [0.15, 0.2) is 0 Å². The topological polar surface area (TPSA) is 102 Å². The largest absolute Gasteiger partial charge is 0.456 e. The number of nitro benzene ring substituents is 1. The van der Waals surface area contributed by atoms with E-state index in [4.69, 9.17) is 4.42 Å². The monoisotopic (exact) mass is 442 g/mol. The minimum absolute atomic E-state index is 0.0739. The van der Waals surface area contributed by atoms with Gasteiger partial charge in [0.1, 0.15) is 11.2 Å². The Bertz CT molecular complexity index is 1400. The summed E-state index contributed by atoms with van der Waals surface area (Å²) in [4.78, 5) is 12.0. The van der Waals surface area contributed by atoms with Crippen LogP contribution < -0.4 is 4.72 Å². The molecule has 9 heteroatoms. The summed E-state index contributed by atoms with van der Waals surface area (Å²) in [6.07, 6.45) is 4.43. The van der Waals surface area contributed by atoms with E-state index in [0.717, 1.165) is 24.8 Å². The van der Waals surface area contributed by atoms with E-state index in [0.29, 0.717) is 21.9 Å². The molecule has 0 bridgehead atoms. The van der Waals surface area contributed by atoms with Gasteiger partial charge in [-0.25, -0.2) is 13.1 Å². The molecule has 0 saturated carbocycles. The number of hydrogen-bond donors (Lipinski definition) is 1. The summed E-state index contributed by atoms with van der Waals surface area (Å²) in [7, 11) is -3.72. The second-order valence-electron chi connectivity index (χ2n) is 7.39. The van der Waals surface area contributed by atoms with Crippen molar-refractivity contribution in [2.45, 2.75) is 37.1 Å². The molecule has 2 aromatic heterocycles. The summed E-state index contributed by atoms with van der Waals surface area (Å²) in [6.45, 7) is 0.268. The SMILES string of the molecule is O=[N+]([O-])c1ccc2c(c1)oc1ccc(S(=O)(=O)NCc3csc4c3CCCC4)cc12. The van der Waals surface area contributed by atoms with Crippen molar-refractivity contribution in [3.63, 3.8) is 0 Å². The molecular weight excluding hydrogens is 424 g/mol. The van der Waals surface area contributed by atoms with E-state index >= 15 is 0 Å². The normalized spacial score (nSPS) is 14.3. The molecule has 0 unspecified atom stereocenters. The van der Waals surface area contributed by atoms with Gasteiger partial charge in [-0.2, -0.15) is 0 Å². The fraction of sp³-hybridized carbons (Fsp3) is 0.238. The second kappa shape index (κ2) is 7.19. The van der Waals surface area contributed by atoms with E-state index < -0.39 is 14.9 Å². The van der Waals surface area contributed by atoms with Crippen molar-refractivity contribution >= 4 is 49.0 Å². The fourth-order valence-corrected chi connectivity index (χ4v) is 6.17. The highest BCUT2D eigenvalue weighted by molar-refractivity contribution is 7.89. The Hall–Kier alpha value is -2.75. The van der Waals surface area contributed by atoms with Gasteiger partial charge in [-0.3, -0.25) is 10.1 Å². The third-order valence-corrected chi connectivity index (χ3v) is 8.08. The summed E-state index contributed by atoms with van der Waals surface area (Å²) in [5.74, 6) is 0. The minimum atomic E-state index is -3.72. The zero-order valence-electron chi connectivity index (χ0n) is 15.9. The highest BCUT2D eigenvalue weighted by Gasteiger charge is 2.20. The van der Waals surface area contributed by atoms with Crippen LogP contribution in [0.3, 0.4) is 0 Å². The highest BCUT2D eigenvalue weighted by atomic mass is 32.2. The average Bonchev–Trinajstić information content (AvgIpc) is 3.32. The molecule has 2 heterocycles. The number of fused-ring (bicyclic) bond motifs is 4. The Morgan fingerprint density at radius 3 is 2.73 bits per heavy atom. The number of nitrogens with zero attached hydrogens (tertiary/aromatic N) is 1. The van der Waals surface area contributed by atoms with Gasteiger partial charge in [0.2, 0.25) is 10.0 Å². The number of sulfonamides is 1. The van der Waals surface area contributed by atoms with Crippen LogP contribution in [0.4, 0.5) is 5.69 Å². The van der Waals surface area contributed by atoms with Crippen molar-refractivity contribution in [2.75, 3.05) is 0 Å². The predicted molar refractivity (Wildman–Crippen MR) is 115 cm³/mol. The van der Waals surface area contributed by atoms with Crippen molar-refractivity contribution in [1.82, 2.24) is 4.72 Å². The van der Waals surface area contributed by atoms with Crippen LogP contribution in [0, 0.1) is 10.1 Å². The van der Waals surface area contributed by atoms with Crippen LogP contribution in [0.15, 0.2) is 51.1 Å². The van der Waals surface area contributed by atoms with Crippen LogP contribution in [0.5, 0.6) is 0 Å². The number of rotatable bonds is 5. The molecule has 30 heavy (non-hydrogen) atoms. The minimum Gasteiger partial charge on any atom is -0.456 e. The Balaban J connectivity index is 1.46. The molecule has 7 nitrogen and oxygen atoms in total. The lowest BCUT2D eigenvalue weighted by molar-refractivity contribution is -0.384. The van der Waals surface area contributed by atoms with E-state index in [1.807, 2.05) is 0 Å². The molecule has 1 aliphatic carbocycles. The molecule has 0 saturated heterocycles. The van der Waals surface area contributed by atoms with Crippen LogP contribution in [0.25, 0.3) is 21.9 Å². The van der Waals surface area contributed by atoms with Gasteiger partial charge in [0.25, 0.3) is 5.69 Å². The Morgan fingerprint density at radius 1 is 1.07 bits per heavy atom. The maximum atomic E-state index is 12.9. The molecule has 0 amide bonds. The second-order valence-corrected chi connectivity index (χ2v) is 10.1. The Kier molecular flexibility index (Phi) is 4.61. The van der Waals surface area contributed by atoms with E-state index in [9.17, 15) is 18.5 Å². The number of aryl methyl sites for hydroxylation is 1. The van der Waals surface area contributed by atoms with Crippen molar-refractivity contribution in [1.29, 1.82) is 0 Å². The average molecular weight is 443 g/mol. The van der Waals surface area contributed by atoms with E-state index in [2.05, 4.69) is 10.1 Å². The number of nitro groups is 1. The number of thiophene rings is 1. The van der Waals surface area contributed by atoms with Crippen molar-refractivity contribution in [2.24, 2.45) is 0 Å². The first-order valence-corrected chi connectivity index (χ1v) is 12.0. The number of benzene rings is 2. The van der Waals surface area contributed by atoms with E-state index in [-0.39, 0.29) is 17.1 Å². The van der Waals surface area contributed by atoms with Gasteiger partial charge in [-0.1, -0.05) is 0 Å². The lowest BCUT2D eigenvalue weighted by atomic mass is 9.96.